The van der Waals surface area contributed by atoms with Crippen LogP contribution in [0.15, 0.2) is 0 Å². The van der Waals surface area contributed by atoms with Gasteiger partial charge < -0.3 is 31.2 Å². The van der Waals surface area contributed by atoms with E-state index in [1.165, 1.54) is 0 Å². The van der Waals surface area contributed by atoms with Gasteiger partial charge in [0.2, 0.25) is 0 Å². The van der Waals surface area contributed by atoms with E-state index in [0.29, 0.717) is 12.8 Å². The van der Waals surface area contributed by atoms with E-state index in [4.69, 9.17) is 26.4 Å². The highest BCUT2D eigenvalue weighted by molar-refractivity contribution is 5.65. The molecule has 0 spiro atoms. The van der Waals surface area contributed by atoms with Gasteiger partial charge in [-0.3, -0.25) is 0 Å². The average Bonchev–Trinajstić information content (AvgIpc) is 2.24. The van der Waals surface area contributed by atoms with E-state index in [-0.39, 0.29) is 19.8 Å². The lowest BCUT2D eigenvalue weighted by molar-refractivity contribution is 0.0101. The van der Waals surface area contributed by atoms with Gasteiger partial charge in [-0.25, -0.2) is 9.59 Å². The van der Waals surface area contributed by atoms with Gasteiger partial charge in [-0.15, -0.1) is 0 Å². The monoisotopic (exact) mass is 250 g/mol. The van der Waals surface area contributed by atoms with Crippen LogP contribution in [0.25, 0.3) is 0 Å². The fourth-order valence-electron chi connectivity index (χ4n) is 1.29. The molecule has 0 aromatic heterocycles. The Hall–Kier alpha value is -1.54. The topological polar surface area (TPSA) is 145 Å². The number of carbonyl (C=O) groups is 2. The van der Waals surface area contributed by atoms with Gasteiger partial charge in [0, 0.05) is 5.92 Å². The summed E-state index contributed by atoms with van der Waals surface area (Å²) < 4.78 is 9.23. The number of hydrogen-bond donors (Lipinski definition) is 4. The van der Waals surface area contributed by atoms with Gasteiger partial charge in [-0.1, -0.05) is 0 Å². The Balaban J connectivity index is 4.09. The lowest BCUT2D eigenvalue weighted by atomic mass is 10.00. The number of aliphatic hydroxyl groups excluding tert-OH is 2. The van der Waals surface area contributed by atoms with E-state index < -0.39 is 24.2 Å². The second-order valence-electron chi connectivity index (χ2n) is 3.41. The lowest BCUT2D eigenvalue weighted by Gasteiger charge is -2.23. The first kappa shape index (κ1) is 15.5. The largest absolute Gasteiger partial charge is 0.450 e. The summed E-state index contributed by atoms with van der Waals surface area (Å²) in [7, 11) is 0. The molecule has 6 N–H and O–H groups in total. The molecule has 0 fully saturated rings. The van der Waals surface area contributed by atoms with Gasteiger partial charge in [-0.05, 0) is 12.8 Å². The Morgan fingerprint density at radius 1 is 1.12 bits per heavy atom. The summed E-state index contributed by atoms with van der Waals surface area (Å²) in [6, 6.07) is 0. The molecule has 2 amide bonds. The molecule has 1 unspecified atom stereocenters. The summed E-state index contributed by atoms with van der Waals surface area (Å²) >= 11 is 0. The molecule has 0 aliphatic heterocycles. The van der Waals surface area contributed by atoms with Gasteiger partial charge in [0.15, 0.2) is 0 Å². The van der Waals surface area contributed by atoms with Crippen molar-refractivity contribution in [1.82, 2.24) is 0 Å². The minimum atomic E-state index is -0.988. The van der Waals surface area contributed by atoms with Crippen molar-refractivity contribution in [1.29, 1.82) is 0 Å². The van der Waals surface area contributed by atoms with Crippen LogP contribution in [-0.4, -0.2) is 48.3 Å². The molecule has 0 saturated carbocycles. The van der Waals surface area contributed by atoms with Crippen molar-refractivity contribution in [2.75, 3.05) is 19.8 Å². The number of amides is 2. The fraction of sp³-hybridized carbons (Fsp3) is 0.778. The summed E-state index contributed by atoms with van der Waals surface area (Å²) in [4.78, 5) is 20.9. The first-order valence-corrected chi connectivity index (χ1v) is 5.11. The summed E-state index contributed by atoms with van der Waals surface area (Å²) in [6.45, 7) is -0.617. The van der Waals surface area contributed by atoms with Crippen molar-refractivity contribution >= 4 is 12.2 Å². The van der Waals surface area contributed by atoms with E-state index >= 15 is 0 Å². The van der Waals surface area contributed by atoms with Crippen LogP contribution in [-0.2, 0) is 9.47 Å². The van der Waals surface area contributed by atoms with Gasteiger partial charge in [-0.2, -0.15) is 0 Å². The predicted molar refractivity (Wildman–Crippen MR) is 56.9 cm³/mol. The molecule has 0 aromatic carbocycles. The molecule has 0 rings (SSSR count). The average molecular weight is 250 g/mol. The molecule has 0 bridgehead atoms. The van der Waals surface area contributed by atoms with E-state index in [1.54, 1.807) is 0 Å². The number of rotatable bonds is 8. The summed E-state index contributed by atoms with van der Waals surface area (Å²) in [5, 5.41) is 17.9. The SMILES string of the molecule is NC(=O)OCCCC(OC(N)=O)C(CO)CO. The van der Waals surface area contributed by atoms with E-state index in [0.717, 1.165) is 0 Å². The van der Waals surface area contributed by atoms with Crippen molar-refractivity contribution in [3.63, 3.8) is 0 Å². The van der Waals surface area contributed by atoms with Gasteiger partial charge >= 0.3 is 12.2 Å². The third-order valence-corrected chi connectivity index (χ3v) is 2.14. The molecule has 0 aromatic rings. The molecule has 17 heavy (non-hydrogen) atoms. The van der Waals surface area contributed by atoms with Crippen LogP contribution in [0, 0.1) is 5.92 Å². The van der Waals surface area contributed by atoms with E-state index in [9.17, 15) is 9.59 Å². The van der Waals surface area contributed by atoms with Crippen LogP contribution >= 0.6 is 0 Å². The molecule has 0 saturated heterocycles. The molecule has 0 aliphatic carbocycles. The highest BCUT2D eigenvalue weighted by Gasteiger charge is 2.23. The first-order chi connectivity index (χ1) is 8.01. The third kappa shape index (κ3) is 7.36. The smallest absolute Gasteiger partial charge is 0.404 e. The minimum Gasteiger partial charge on any atom is -0.450 e. The minimum absolute atomic E-state index is 0.0670. The van der Waals surface area contributed by atoms with E-state index in [1.807, 2.05) is 0 Å². The van der Waals surface area contributed by atoms with E-state index in [2.05, 4.69) is 4.74 Å². The zero-order valence-electron chi connectivity index (χ0n) is 9.37. The maximum absolute atomic E-state index is 10.6. The summed E-state index contributed by atoms with van der Waals surface area (Å²) in [5.41, 5.74) is 9.62. The molecule has 0 radical (unpaired) electrons. The first-order valence-electron chi connectivity index (χ1n) is 5.11. The van der Waals surface area contributed by atoms with Crippen LogP contribution in [0.5, 0.6) is 0 Å². The van der Waals surface area contributed by atoms with Crippen LogP contribution < -0.4 is 11.5 Å². The summed E-state index contributed by atoms with van der Waals surface area (Å²) in [6.07, 6.45) is -1.94. The van der Waals surface area contributed by atoms with Crippen molar-refractivity contribution in [3.8, 4) is 0 Å². The third-order valence-electron chi connectivity index (χ3n) is 2.14. The van der Waals surface area contributed by atoms with Crippen molar-refractivity contribution < 1.29 is 29.3 Å². The Bertz CT molecular complexity index is 244. The number of nitrogens with two attached hydrogens (primary N) is 2. The highest BCUT2D eigenvalue weighted by atomic mass is 16.6. The number of primary amides is 2. The molecule has 100 valence electrons. The van der Waals surface area contributed by atoms with Gasteiger partial charge in [0.25, 0.3) is 0 Å². The van der Waals surface area contributed by atoms with Gasteiger partial charge in [0.1, 0.15) is 6.10 Å². The van der Waals surface area contributed by atoms with Gasteiger partial charge in [0.05, 0.1) is 19.8 Å². The molecular formula is C9H18N2O6. The maximum Gasteiger partial charge on any atom is 0.404 e. The quantitative estimate of drug-likeness (QED) is 0.403. The Morgan fingerprint density at radius 2 is 1.71 bits per heavy atom. The maximum atomic E-state index is 10.6. The molecule has 1 atom stereocenters. The lowest BCUT2D eigenvalue weighted by Crippen LogP contribution is -2.34. The molecular weight excluding hydrogens is 232 g/mol. The molecule has 8 heteroatoms. The van der Waals surface area contributed by atoms with Crippen LogP contribution in [0.2, 0.25) is 0 Å². The molecule has 0 heterocycles. The second kappa shape index (κ2) is 8.59. The molecule has 8 nitrogen and oxygen atoms in total. The zero-order chi connectivity index (χ0) is 13.3. The standard InChI is InChI=1S/C9H18N2O6/c10-8(14)16-3-1-2-7(17-9(11)15)6(4-12)5-13/h6-7,12-13H,1-5H2,(H2,10,14)(H2,11,15). The van der Waals surface area contributed by atoms with Crippen molar-refractivity contribution in [2.24, 2.45) is 17.4 Å². The Morgan fingerprint density at radius 3 is 2.12 bits per heavy atom. The number of ether oxygens (including phenoxy) is 2. The van der Waals surface area contributed by atoms with Crippen molar-refractivity contribution in [2.45, 2.75) is 18.9 Å². The molecule has 0 aliphatic rings. The number of aliphatic hydroxyl groups is 2. The fourth-order valence-corrected chi connectivity index (χ4v) is 1.29. The van der Waals surface area contributed by atoms with Crippen LogP contribution in [0.3, 0.4) is 0 Å². The Kier molecular flexibility index (Phi) is 7.82. The number of carbonyl (C=O) groups excluding carboxylic acids is 2. The summed E-state index contributed by atoms with van der Waals surface area (Å²) in [5.74, 6) is -0.615. The normalized spacial score (nSPS) is 12.2. The number of hydrogen-bond acceptors (Lipinski definition) is 6. The predicted octanol–water partition coefficient (Wildman–Crippen LogP) is -1.07. The zero-order valence-corrected chi connectivity index (χ0v) is 9.37. The van der Waals surface area contributed by atoms with Crippen molar-refractivity contribution in [3.05, 3.63) is 0 Å². The second-order valence-corrected chi connectivity index (χ2v) is 3.41. The Labute approximate surface area is 98.5 Å². The highest BCUT2D eigenvalue weighted by Crippen LogP contribution is 2.13. The van der Waals surface area contributed by atoms with Crippen LogP contribution in [0.4, 0.5) is 9.59 Å². The van der Waals surface area contributed by atoms with Crippen LogP contribution in [0.1, 0.15) is 12.8 Å².